The molecule has 0 unspecified atom stereocenters. The summed E-state index contributed by atoms with van der Waals surface area (Å²) in [6.07, 6.45) is 2.72. The van der Waals surface area contributed by atoms with Crippen LogP contribution in [0.1, 0.15) is 17.5 Å². The molecule has 6 nitrogen and oxygen atoms in total. The molecule has 0 aliphatic carbocycles. The minimum atomic E-state index is -1.25. The third kappa shape index (κ3) is 2.87. The van der Waals surface area contributed by atoms with E-state index < -0.39 is 17.4 Å². The zero-order chi connectivity index (χ0) is 22.6. The third-order valence-corrected chi connectivity index (χ3v) is 8.02. The molecule has 4 atom stereocenters. The highest BCUT2D eigenvalue weighted by atomic mass is 35.5. The van der Waals surface area contributed by atoms with Crippen LogP contribution < -0.4 is 10.2 Å². The number of nitrogens with zero attached hydrogens (tertiary/aromatic N) is 2. The van der Waals surface area contributed by atoms with Gasteiger partial charge >= 0.3 is 0 Å². The van der Waals surface area contributed by atoms with Gasteiger partial charge in [0.15, 0.2) is 0 Å². The number of rotatable bonds is 5. The van der Waals surface area contributed by atoms with Crippen molar-refractivity contribution in [2.75, 3.05) is 24.0 Å². The first-order valence-electron chi connectivity index (χ1n) is 10.6. The number of halogens is 1. The fraction of sp³-hybridized carbons (Fsp3) is 0.375. The second-order valence-corrected chi connectivity index (χ2v) is 9.97. The fourth-order valence-electron chi connectivity index (χ4n) is 5.54. The number of carbonyl (C=O) groups excluding carboxylic acids is 3. The predicted molar refractivity (Wildman–Crippen MR) is 125 cm³/mol. The topological polar surface area (TPSA) is 69.7 Å². The Hall–Kier alpha value is -2.35. The molecular formula is C24H24ClN3O3S. The maximum absolute atomic E-state index is 14.2. The van der Waals surface area contributed by atoms with Gasteiger partial charge < -0.3 is 4.90 Å². The molecule has 1 N–H and O–H groups in total. The Kier molecular flexibility index (Phi) is 5.31. The van der Waals surface area contributed by atoms with E-state index >= 15 is 0 Å². The molecule has 0 radical (unpaired) electrons. The number of amides is 3. The van der Waals surface area contributed by atoms with Crippen molar-refractivity contribution in [1.29, 1.82) is 0 Å². The molecule has 8 heteroatoms. The fourth-order valence-corrected chi connectivity index (χ4v) is 6.22. The molecule has 32 heavy (non-hydrogen) atoms. The molecule has 5 rings (SSSR count). The lowest BCUT2D eigenvalue weighted by molar-refractivity contribution is -0.141. The molecule has 2 aromatic rings. The first-order valence-corrected chi connectivity index (χ1v) is 12.4. The number of hydrogen-bond acceptors (Lipinski definition) is 5. The number of fused-ring (bicyclic) bond motifs is 4. The van der Waals surface area contributed by atoms with E-state index in [1.54, 1.807) is 22.7 Å². The number of thioether (sulfide) groups is 1. The van der Waals surface area contributed by atoms with Gasteiger partial charge in [0.1, 0.15) is 5.54 Å². The SMILES string of the molecule is CSCC[C@@H]1N[C@@]2(C(=O)N(Cc3ccccc3Cl)c3ccccc32)[C@@H]2C(=O)N(C)C(=O)[C@@H]12. The summed E-state index contributed by atoms with van der Waals surface area (Å²) in [6.45, 7) is 0.295. The normalized spacial score (nSPS) is 28.7. The monoisotopic (exact) mass is 469 g/mol. The van der Waals surface area contributed by atoms with Crippen LogP contribution in [-0.2, 0) is 26.5 Å². The van der Waals surface area contributed by atoms with Gasteiger partial charge in [-0.2, -0.15) is 11.8 Å². The Morgan fingerprint density at radius 1 is 1.06 bits per heavy atom. The molecular weight excluding hydrogens is 446 g/mol. The summed E-state index contributed by atoms with van der Waals surface area (Å²) in [7, 11) is 1.52. The Morgan fingerprint density at radius 2 is 1.78 bits per heavy atom. The summed E-state index contributed by atoms with van der Waals surface area (Å²) in [5.41, 5.74) is 1.09. The van der Waals surface area contributed by atoms with Crippen LogP contribution in [0, 0.1) is 11.8 Å². The summed E-state index contributed by atoms with van der Waals surface area (Å²) in [5.74, 6) is -1.15. The third-order valence-electron chi connectivity index (χ3n) is 7.01. The van der Waals surface area contributed by atoms with Crippen molar-refractivity contribution in [3.05, 3.63) is 64.7 Å². The molecule has 0 aromatic heterocycles. The number of carbonyl (C=O) groups is 3. The molecule has 0 bridgehead atoms. The summed E-state index contributed by atoms with van der Waals surface area (Å²) in [4.78, 5) is 43.4. The van der Waals surface area contributed by atoms with Crippen LogP contribution in [0.25, 0.3) is 0 Å². The van der Waals surface area contributed by atoms with Crippen LogP contribution in [0.5, 0.6) is 0 Å². The maximum atomic E-state index is 14.2. The van der Waals surface area contributed by atoms with Crippen molar-refractivity contribution in [2.24, 2.45) is 11.8 Å². The Morgan fingerprint density at radius 3 is 2.53 bits per heavy atom. The van der Waals surface area contributed by atoms with E-state index in [0.717, 1.165) is 22.6 Å². The molecule has 3 amide bonds. The Labute approximate surface area is 196 Å². The van der Waals surface area contributed by atoms with Crippen molar-refractivity contribution in [2.45, 2.75) is 24.5 Å². The molecule has 0 saturated carbocycles. The van der Waals surface area contributed by atoms with Gasteiger partial charge in [0.2, 0.25) is 11.8 Å². The highest BCUT2D eigenvalue weighted by Crippen LogP contribution is 2.55. The van der Waals surface area contributed by atoms with Crippen molar-refractivity contribution < 1.29 is 14.4 Å². The van der Waals surface area contributed by atoms with E-state index in [0.29, 0.717) is 18.0 Å². The highest BCUT2D eigenvalue weighted by molar-refractivity contribution is 7.98. The van der Waals surface area contributed by atoms with E-state index in [1.165, 1.54) is 11.9 Å². The molecule has 1 spiro atoms. The largest absolute Gasteiger partial charge is 0.306 e. The minimum Gasteiger partial charge on any atom is -0.306 e. The lowest BCUT2D eigenvalue weighted by atomic mass is 9.76. The van der Waals surface area contributed by atoms with Crippen LogP contribution in [0.2, 0.25) is 5.02 Å². The molecule has 3 aliphatic rings. The van der Waals surface area contributed by atoms with E-state index in [4.69, 9.17) is 11.6 Å². The van der Waals surface area contributed by atoms with Gasteiger partial charge in [0.05, 0.1) is 18.4 Å². The minimum absolute atomic E-state index is 0.197. The Balaban J connectivity index is 1.63. The van der Waals surface area contributed by atoms with E-state index in [9.17, 15) is 14.4 Å². The quantitative estimate of drug-likeness (QED) is 0.681. The first kappa shape index (κ1) is 21.5. The zero-order valence-electron chi connectivity index (χ0n) is 17.9. The van der Waals surface area contributed by atoms with Crippen LogP contribution in [0.4, 0.5) is 5.69 Å². The standard InChI is InChI=1S/C24H24ClN3O3S/c1-27-21(29)19-17(11-12-32-2)26-24(20(19)22(27)30)15-8-4-6-10-18(15)28(23(24)31)13-14-7-3-5-9-16(14)25/h3-10,17,19-20,26H,11-13H2,1-2H3/t17-,19-,20-,24+/m0/s1. The number of anilines is 1. The van der Waals surface area contributed by atoms with E-state index in [-0.39, 0.29) is 23.8 Å². The van der Waals surface area contributed by atoms with Crippen LogP contribution in [0.3, 0.4) is 0 Å². The number of nitrogens with one attached hydrogen (secondary N) is 1. The Bertz CT molecular complexity index is 1130. The van der Waals surface area contributed by atoms with Gasteiger partial charge in [-0.1, -0.05) is 48.0 Å². The van der Waals surface area contributed by atoms with E-state index in [2.05, 4.69) is 5.32 Å². The maximum Gasteiger partial charge on any atom is 0.253 e. The molecule has 2 fully saturated rings. The average Bonchev–Trinajstić information content (AvgIpc) is 3.34. The number of benzene rings is 2. The van der Waals surface area contributed by atoms with Crippen molar-refractivity contribution in [1.82, 2.24) is 10.2 Å². The first-order chi connectivity index (χ1) is 15.4. The zero-order valence-corrected chi connectivity index (χ0v) is 19.4. The molecule has 2 saturated heterocycles. The molecule has 166 valence electrons. The van der Waals surface area contributed by atoms with Crippen molar-refractivity contribution >= 4 is 46.8 Å². The number of para-hydroxylation sites is 1. The predicted octanol–water partition coefficient (Wildman–Crippen LogP) is 3.04. The highest BCUT2D eigenvalue weighted by Gasteiger charge is 2.70. The number of imide groups is 1. The average molecular weight is 470 g/mol. The van der Waals surface area contributed by atoms with Crippen molar-refractivity contribution in [3.8, 4) is 0 Å². The van der Waals surface area contributed by atoms with Gasteiger partial charge in [0.25, 0.3) is 5.91 Å². The summed E-state index contributed by atoms with van der Waals surface area (Å²) < 4.78 is 0. The van der Waals surface area contributed by atoms with Gasteiger partial charge in [-0.05, 0) is 36.1 Å². The van der Waals surface area contributed by atoms with Crippen molar-refractivity contribution in [3.63, 3.8) is 0 Å². The molecule has 2 aromatic carbocycles. The lowest BCUT2D eigenvalue weighted by Crippen LogP contribution is -2.54. The lowest BCUT2D eigenvalue weighted by Gasteiger charge is -2.30. The van der Waals surface area contributed by atoms with Crippen LogP contribution in [-0.4, -0.2) is 47.7 Å². The summed E-state index contributed by atoms with van der Waals surface area (Å²) in [6, 6.07) is 14.8. The van der Waals surface area contributed by atoms with Crippen LogP contribution in [0.15, 0.2) is 48.5 Å². The molecule has 3 heterocycles. The van der Waals surface area contributed by atoms with Crippen LogP contribution >= 0.6 is 23.4 Å². The van der Waals surface area contributed by atoms with Gasteiger partial charge in [-0.25, -0.2) is 0 Å². The smallest absolute Gasteiger partial charge is 0.253 e. The molecule has 3 aliphatic heterocycles. The van der Waals surface area contributed by atoms with Gasteiger partial charge in [0, 0.05) is 29.4 Å². The van der Waals surface area contributed by atoms with E-state index in [1.807, 2.05) is 48.7 Å². The number of hydrogen-bond donors (Lipinski definition) is 1. The van der Waals surface area contributed by atoms with Gasteiger partial charge in [-0.15, -0.1) is 0 Å². The second-order valence-electron chi connectivity index (χ2n) is 8.58. The summed E-state index contributed by atoms with van der Waals surface area (Å²) in [5, 5.41) is 4.10. The second kappa shape index (κ2) is 7.90. The summed E-state index contributed by atoms with van der Waals surface area (Å²) >= 11 is 8.09. The number of likely N-dealkylation sites (tertiary alicyclic amines) is 1. The van der Waals surface area contributed by atoms with Gasteiger partial charge in [-0.3, -0.25) is 24.6 Å².